The quantitative estimate of drug-likeness (QED) is 0.0157. The van der Waals surface area contributed by atoms with Gasteiger partial charge in [0.15, 0.2) is 0 Å². The molecule has 0 N–H and O–H groups in total. The molecule has 0 bridgehead atoms. The molecule has 0 aromatic heterocycles. The first-order valence-corrected chi connectivity index (χ1v) is 23.3. The molecule has 0 aliphatic rings. The van der Waals surface area contributed by atoms with Gasteiger partial charge in [0, 0.05) is 27.2 Å². The monoisotopic (exact) mass is 1060 g/mol. The molecular formula is C56H56O21. The molecule has 21 heteroatoms. The summed E-state index contributed by atoms with van der Waals surface area (Å²) in [6, 6.07) is 22.6. The Hall–Kier alpha value is -9.32. The fourth-order valence-corrected chi connectivity index (χ4v) is 6.41. The highest BCUT2D eigenvalue weighted by Gasteiger charge is 2.46. The summed E-state index contributed by atoms with van der Waals surface area (Å²) in [7, 11) is 0. The second-order valence-corrected chi connectivity index (χ2v) is 17.8. The second-order valence-electron chi connectivity index (χ2n) is 17.8. The summed E-state index contributed by atoms with van der Waals surface area (Å²) in [5, 5.41) is 0. The van der Waals surface area contributed by atoms with Gasteiger partial charge in [-0.15, -0.1) is 12.3 Å². The predicted octanol–water partition coefficient (Wildman–Crippen LogP) is 6.77. The van der Waals surface area contributed by atoms with E-state index in [0.29, 0.717) is 0 Å². The number of allylic oxidation sites excluding steroid dienone is 1. The second kappa shape index (κ2) is 27.8. The van der Waals surface area contributed by atoms with Gasteiger partial charge in [0.2, 0.25) is 0 Å². The highest BCUT2D eigenvalue weighted by Crippen LogP contribution is 2.31. The van der Waals surface area contributed by atoms with Gasteiger partial charge in [0.1, 0.15) is 108 Å². The van der Waals surface area contributed by atoms with Crippen molar-refractivity contribution in [3.8, 4) is 35.3 Å². The summed E-state index contributed by atoms with van der Waals surface area (Å²) >= 11 is 0. The number of esters is 10. The molecule has 0 fully saturated rings. The molecule has 2 unspecified atom stereocenters. The van der Waals surface area contributed by atoms with E-state index < -0.39 is 116 Å². The Morgan fingerprint density at radius 2 is 0.649 bits per heavy atom. The van der Waals surface area contributed by atoms with E-state index in [1.165, 1.54) is 112 Å². The molecule has 0 saturated carbocycles. The van der Waals surface area contributed by atoms with Crippen LogP contribution < -0.4 is 18.9 Å². The molecule has 0 aliphatic heterocycles. The summed E-state index contributed by atoms with van der Waals surface area (Å²) in [6.07, 6.45) is 5.32. The fourth-order valence-electron chi connectivity index (χ4n) is 6.41. The zero-order valence-corrected chi connectivity index (χ0v) is 43.3. The van der Waals surface area contributed by atoms with Crippen LogP contribution in [0.3, 0.4) is 0 Å². The molecule has 406 valence electrons. The van der Waals surface area contributed by atoms with Crippen molar-refractivity contribution in [1.82, 2.24) is 0 Å². The van der Waals surface area contributed by atoms with E-state index in [1.54, 1.807) is 13.0 Å². The van der Waals surface area contributed by atoms with Gasteiger partial charge in [0.05, 0.1) is 5.76 Å². The fraction of sp³-hybridized carbons (Fsp3) is 0.321. The summed E-state index contributed by atoms with van der Waals surface area (Å²) < 4.78 is 59.9. The van der Waals surface area contributed by atoms with Crippen LogP contribution in [-0.2, 0) is 61.9 Å². The Morgan fingerprint density at radius 3 is 0.909 bits per heavy atom. The third kappa shape index (κ3) is 17.7. The summed E-state index contributed by atoms with van der Waals surface area (Å²) in [4.78, 5) is 132. The zero-order valence-electron chi connectivity index (χ0n) is 43.3. The Labute approximate surface area is 442 Å². The molecule has 0 spiro atoms. The number of carbonyl (C=O) groups is 10. The molecule has 4 aromatic carbocycles. The summed E-state index contributed by atoms with van der Waals surface area (Å²) in [6.45, 7) is 6.53. The Balaban J connectivity index is 1.66. The lowest BCUT2D eigenvalue weighted by atomic mass is 9.90. The van der Waals surface area contributed by atoms with Gasteiger partial charge < -0.3 is 52.1 Å². The average molecular weight is 1070 g/mol. The van der Waals surface area contributed by atoms with Crippen LogP contribution in [0.1, 0.15) is 96.3 Å². The highest BCUT2D eigenvalue weighted by atomic mass is 16.6. The van der Waals surface area contributed by atoms with Gasteiger partial charge in [-0.25, -0.2) is 19.2 Å². The number of hydrogen-bond donors (Lipinski definition) is 0. The standard InChI is InChI=1S/C56H56O21/c1-10-11-28-67-51(64)56(9,33-72-52(65)54(7,29-68-47(60)39-20-12-16-24-43(39)74-35(2)3)30-69-48(61)40-21-13-17-25-44(40)75-36(4)57)34-73-53(66)55(8,31-70-49(62)41-22-14-18-26-45(41)76-37(5)58)32-71-50(63)42-23-15-19-27-46(42)77-38(6)59/h1,12-27H,2,11,28-34H2,3-9H3. The molecule has 77 heavy (non-hydrogen) atoms. The first-order valence-electron chi connectivity index (χ1n) is 23.3. The van der Waals surface area contributed by atoms with Crippen molar-refractivity contribution in [1.29, 1.82) is 0 Å². The van der Waals surface area contributed by atoms with Crippen molar-refractivity contribution < 1.29 is 100 Å². The number of para-hydroxylation sites is 4. The maximum absolute atomic E-state index is 14.4. The number of rotatable bonds is 26. The third-order valence-electron chi connectivity index (χ3n) is 10.6. The van der Waals surface area contributed by atoms with Gasteiger partial charge in [-0.2, -0.15) is 0 Å². The van der Waals surface area contributed by atoms with E-state index in [1.807, 2.05) is 0 Å². The first kappa shape index (κ1) is 60.2. The lowest BCUT2D eigenvalue weighted by molar-refractivity contribution is -0.179. The maximum Gasteiger partial charge on any atom is 0.341 e. The van der Waals surface area contributed by atoms with Crippen molar-refractivity contribution in [3.05, 3.63) is 132 Å². The molecule has 0 radical (unpaired) electrons. The molecular weight excluding hydrogens is 1010 g/mol. The Morgan fingerprint density at radius 1 is 0.403 bits per heavy atom. The normalized spacial score (nSPS) is 12.2. The molecule has 4 aromatic rings. The van der Waals surface area contributed by atoms with Crippen LogP contribution in [0.2, 0.25) is 0 Å². The van der Waals surface area contributed by atoms with Gasteiger partial charge in [0.25, 0.3) is 0 Å². The lowest BCUT2D eigenvalue weighted by Gasteiger charge is -2.32. The van der Waals surface area contributed by atoms with Crippen molar-refractivity contribution in [3.63, 3.8) is 0 Å². The zero-order chi connectivity index (χ0) is 56.9. The Bertz CT molecular complexity index is 2600. The van der Waals surface area contributed by atoms with E-state index in [2.05, 4.69) is 12.5 Å². The number of ether oxygens (including phenoxy) is 11. The largest absolute Gasteiger partial charge is 0.464 e. The lowest BCUT2D eigenvalue weighted by Crippen LogP contribution is -2.46. The van der Waals surface area contributed by atoms with Crippen molar-refractivity contribution >= 4 is 59.7 Å². The van der Waals surface area contributed by atoms with E-state index in [4.69, 9.17) is 58.5 Å². The van der Waals surface area contributed by atoms with Crippen LogP contribution in [0, 0.1) is 28.6 Å². The smallest absolute Gasteiger partial charge is 0.341 e. The number of terminal acetylenes is 1. The third-order valence-corrected chi connectivity index (χ3v) is 10.6. The van der Waals surface area contributed by atoms with E-state index >= 15 is 0 Å². The Kier molecular flexibility index (Phi) is 21.8. The summed E-state index contributed by atoms with van der Waals surface area (Å²) in [5.41, 5.74) is -7.02. The molecule has 4 rings (SSSR count). The van der Waals surface area contributed by atoms with Crippen LogP contribution in [0.4, 0.5) is 0 Å². The van der Waals surface area contributed by atoms with E-state index in [9.17, 15) is 47.9 Å². The molecule has 21 nitrogen and oxygen atoms in total. The topological polar surface area (TPSA) is 272 Å². The van der Waals surface area contributed by atoms with Crippen molar-refractivity contribution in [2.24, 2.45) is 16.2 Å². The summed E-state index contributed by atoms with van der Waals surface area (Å²) in [5.74, 6) is -7.95. The maximum atomic E-state index is 14.4. The highest BCUT2D eigenvalue weighted by molar-refractivity contribution is 5.96. The van der Waals surface area contributed by atoms with Crippen LogP contribution in [0.15, 0.2) is 109 Å². The van der Waals surface area contributed by atoms with Gasteiger partial charge >= 0.3 is 59.7 Å². The molecule has 2 atom stereocenters. The number of benzene rings is 4. The molecule has 0 amide bonds. The average Bonchev–Trinajstić information content (AvgIpc) is 3.39. The first-order chi connectivity index (χ1) is 36.4. The minimum Gasteiger partial charge on any atom is -0.464 e. The number of carbonyl (C=O) groups excluding carboxylic acids is 10. The van der Waals surface area contributed by atoms with E-state index in [0.717, 1.165) is 20.8 Å². The molecule has 0 heterocycles. The van der Waals surface area contributed by atoms with Crippen LogP contribution >= 0.6 is 0 Å². The minimum absolute atomic E-state index is 0.0622. The molecule has 0 aliphatic carbocycles. The van der Waals surface area contributed by atoms with Gasteiger partial charge in [-0.3, -0.25) is 28.8 Å². The van der Waals surface area contributed by atoms with Crippen LogP contribution in [0.5, 0.6) is 23.0 Å². The van der Waals surface area contributed by atoms with Gasteiger partial charge in [-0.1, -0.05) is 55.1 Å². The number of hydrogen-bond acceptors (Lipinski definition) is 21. The minimum atomic E-state index is -2.11. The van der Waals surface area contributed by atoms with Gasteiger partial charge in [-0.05, 0) is 76.2 Å². The van der Waals surface area contributed by atoms with Crippen LogP contribution in [0.25, 0.3) is 0 Å². The van der Waals surface area contributed by atoms with E-state index in [-0.39, 0.29) is 64.0 Å². The predicted molar refractivity (Wildman–Crippen MR) is 267 cm³/mol. The van der Waals surface area contributed by atoms with Crippen molar-refractivity contribution in [2.75, 3.05) is 46.2 Å². The van der Waals surface area contributed by atoms with Crippen LogP contribution in [-0.4, -0.2) is 106 Å². The van der Waals surface area contributed by atoms with Crippen molar-refractivity contribution in [2.45, 2.75) is 54.9 Å². The molecule has 0 saturated heterocycles. The SMILES string of the molecule is C#CCCOC(=O)C(C)(COC(=O)C(C)(COC(=O)c1ccccc1OC(=C)C)COC(=O)c1ccccc1OC(C)=O)COC(=O)C(C)(COC(=O)c1ccccc1OC(C)=O)COC(=O)c1ccccc1OC(C)=O.